The molecule has 1 fully saturated rings. The average molecular weight is 714 g/mol. The number of carbonyl (C=O) groups excluding carboxylic acids is 1. The SMILES string of the molecule is COc1ccc(CO[C@H]2CN(OC(=O)OC(C)(C)C)C[C@@H](OCc3ccc(OC)cc3)[C@H]2c2ccc(OCCCOCc3ccccc3)cc2)cc1. The van der Waals surface area contributed by atoms with Crippen LogP contribution in [0.5, 0.6) is 17.2 Å². The summed E-state index contributed by atoms with van der Waals surface area (Å²) >= 11 is 0. The van der Waals surface area contributed by atoms with E-state index in [4.69, 9.17) is 38.0 Å². The van der Waals surface area contributed by atoms with Crippen molar-refractivity contribution in [3.8, 4) is 17.2 Å². The van der Waals surface area contributed by atoms with Crippen molar-refractivity contribution in [1.29, 1.82) is 0 Å². The van der Waals surface area contributed by atoms with Gasteiger partial charge < -0.3 is 38.0 Å². The highest BCUT2D eigenvalue weighted by molar-refractivity contribution is 5.60. The molecular formula is C42H51NO9. The number of ether oxygens (including phenoxy) is 7. The van der Waals surface area contributed by atoms with Gasteiger partial charge in [0, 0.05) is 12.3 Å². The predicted octanol–water partition coefficient (Wildman–Crippen LogP) is 8.13. The van der Waals surface area contributed by atoms with Crippen LogP contribution in [0.15, 0.2) is 103 Å². The molecule has 0 N–H and O–H groups in total. The minimum atomic E-state index is -0.777. The van der Waals surface area contributed by atoms with E-state index >= 15 is 0 Å². The molecule has 5 rings (SSSR count). The Balaban J connectivity index is 1.31. The maximum Gasteiger partial charge on any atom is 0.528 e. The molecule has 278 valence electrons. The van der Waals surface area contributed by atoms with Crippen LogP contribution in [-0.4, -0.2) is 69.6 Å². The molecular weight excluding hydrogens is 662 g/mol. The molecule has 0 radical (unpaired) electrons. The second-order valence-corrected chi connectivity index (χ2v) is 13.6. The Labute approximate surface area is 307 Å². The summed E-state index contributed by atoms with van der Waals surface area (Å²) in [7, 11) is 3.28. The van der Waals surface area contributed by atoms with Crippen LogP contribution in [0.4, 0.5) is 4.79 Å². The van der Waals surface area contributed by atoms with Gasteiger partial charge in [-0.25, -0.2) is 4.79 Å². The van der Waals surface area contributed by atoms with E-state index in [1.54, 1.807) is 40.1 Å². The highest BCUT2D eigenvalue weighted by Gasteiger charge is 2.41. The van der Waals surface area contributed by atoms with Crippen molar-refractivity contribution in [1.82, 2.24) is 5.06 Å². The van der Waals surface area contributed by atoms with Crippen LogP contribution in [0, 0.1) is 0 Å². The highest BCUT2D eigenvalue weighted by atomic mass is 16.8. The second-order valence-electron chi connectivity index (χ2n) is 13.6. The standard InChI is InChI=1S/C42H51NO9/c1-42(2,3)51-41(44)52-43-26-38(49-29-32-12-18-35(45-4)19-13-32)40(39(27-43)50-30-33-14-20-36(46-5)21-15-33)34-16-22-37(23-17-34)48-25-9-24-47-28-31-10-7-6-8-11-31/h6-8,10-23,38-40H,9,24-30H2,1-5H3/t38-,39+,40-. The molecule has 0 bridgehead atoms. The third kappa shape index (κ3) is 12.3. The molecule has 1 aliphatic heterocycles. The van der Waals surface area contributed by atoms with Gasteiger partial charge in [-0.15, -0.1) is 5.06 Å². The summed E-state index contributed by atoms with van der Waals surface area (Å²) in [5.74, 6) is 2.11. The Hall–Kier alpha value is -4.61. The normalized spacial score (nSPS) is 17.7. The number of nitrogens with zero attached hydrogens (tertiary/aromatic N) is 1. The summed E-state index contributed by atoms with van der Waals surface area (Å²) in [6.07, 6.45) is -0.825. The number of piperidine rings is 1. The van der Waals surface area contributed by atoms with Crippen LogP contribution in [0.2, 0.25) is 0 Å². The minimum absolute atomic E-state index is 0.199. The van der Waals surface area contributed by atoms with Crippen LogP contribution in [0.1, 0.15) is 55.4 Å². The number of hydrogen-bond donors (Lipinski definition) is 0. The monoisotopic (exact) mass is 713 g/mol. The highest BCUT2D eigenvalue weighted by Crippen LogP contribution is 2.35. The molecule has 0 aliphatic carbocycles. The molecule has 52 heavy (non-hydrogen) atoms. The fourth-order valence-corrected chi connectivity index (χ4v) is 5.88. The van der Waals surface area contributed by atoms with E-state index in [9.17, 15) is 4.79 Å². The van der Waals surface area contributed by atoms with E-state index in [1.807, 2.05) is 78.9 Å². The van der Waals surface area contributed by atoms with E-state index < -0.39 is 24.0 Å². The van der Waals surface area contributed by atoms with Gasteiger partial charge in [0.2, 0.25) is 0 Å². The summed E-state index contributed by atoms with van der Waals surface area (Å²) in [5, 5.41) is 1.58. The molecule has 10 heteroatoms. The molecule has 1 saturated heterocycles. The number of methoxy groups -OCH3 is 2. The van der Waals surface area contributed by atoms with Crippen molar-refractivity contribution in [2.45, 2.75) is 70.7 Å². The summed E-state index contributed by atoms with van der Waals surface area (Å²) in [4.78, 5) is 18.5. The molecule has 1 heterocycles. The predicted molar refractivity (Wildman–Crippen MR) is 197 cm³/mol. The third-order valence-electron chi connectivity index (χ3n) is 8.49. The van der Waals surface area contributed by atoms with Crippen LogP contribution < -0.4 is 14.2 Å². The average Bonchev–Trinajstić information content (AvgIpc) is 3.14. The Bertz CT molecular complexity index is 1560. The lowest BCUT2D eigenvalue weighted by atomic mass is 9.85. The topological polar surface area (TPSA) is 94.2 Å². The maximum atomic E-state index is 12.8. The lowest BCUT2D eigenvalue weighted by Gasteiger charge is -2.42. The lowest BCUT2D eigenvalue weighted by Crippen LogP contribution is -2.53. The molecule has 0 spiro atoms. The summed E-state index contributed by atoms with van der Waals surface area (Å²) < 4.78 is 41.3. The zero-order chi connectivity index (χ0) is 36.8. The second kappa shape index (κ2) is 19.3. The number of benzene rings is 4. The Morgan fingerprint density at radius 1 is 0.654 bits per heavy atom. The quantitative estimate of drug-likeness (QED) is 0.0789. The summed E-state index contributed by atoms with van der Waals surface area (Å²) in [5.41, 5.74) is 3.44. The molecule has 0 aromatic heterocycles. The summed E-state index contributed by atoms with van der Waals surface area (Å²) in [6.45, 7) is 8.43. The van der Waals surface area contributed by atoms with E-state index in [2.05, 4.69) is 24.3 Å². The third-order valence-corrected chi connectivity index (χ3v) is 8.49. The van der Waals surface area contributed by atoms with Crippen molar-refractivity contribution in [2.75, 3.05) is 40.5 Å². The van der Waals surface area contributed by atoms with Crippen LogP contribution >= 0.6 is 0 Å². The number of rotatable bonds is 17. The Morgan fingerprint density at radius 2 is 1.17 bits per heavy atom. The van der Waals surface area contributed by atoms with Gasteiger partial charge in [0.15, 0.2) is 0 Å². The number of hydroxylamine groups is 2. The van der Waals surface area contributed by atoms with Crippen molar-refractivity contribution >= 4 is 6.16 Å². The first-order valence-corrected chi connectivity index (χ1v) is 17.7. The molecule has 4 aromatic rings. The van der Waals surface area contributed by atoms with Gasteiger partial charge >= 0.3 is 6.16 Å². The van der Waals surface area contributed by atoms with Gasteiger partial charge in [0.1, 0.15) is 22.8 Å². The van der Waals surface area contributed by atoms with Gasteiger partial charge in [-0.3, -0.25) is 0 Å². The number of carbonyl (C=O) groups is 1. The smallest absolute Gasteiger partial charge is 0.497 e. The van der Waals surface area contributed by atoms with Crippen molar-refractivity contribution in [3.63, 3.8) is 0 Å². The van der Waals surface area contributed by atoms with Crippen LogP contribution in [-0.2, 0) is 43.6 Å². The van der Waals surface area contributed by atoms with E-state index in [1.165, 1.54) is 0 Å². The van der Waals surface area contributed by atoms with Gasteiger partial charge in [-0.2, -0.15) is 0 Å². The molecule has 0 unspecified atom stereocenters. The number of hydrogen-bond acceptors (Lipinski definition) is 10. The zero-order valence-corrected chi connectivity index (χ0v) is 30.8. The van der Waals surface area contributed by atoms with Gasteiger partial charge in [0.05, 0.1) is 72.6 Å². The first-order chi connectivity index (χ1) is 25.2. The van der Waals surface area contributed by atoms with Crippen molar-refractivity contribution in [3.05, 3.63) is 125 Å². The van der Waals surface area contributed by atoms with Crippen LogP contribution in [0.3, 0.4) is 0 Å². The molecule has 4 aromatic carbocycles. The lowest BCUT2D eigenvalue weighted by molar-refractivity contribution is -0.209. The Kier molecular flexibility index (Phi) is 14.3. The minimum Gasteiger partial charge on any atom is -0.497 e. The molecule has 3 atom stereocenters. The molecule has 1 aliphatic rings. The van der Waals surface area contributed by atoms with E-state index in [0.717, 1.165) is 45.9 Å². The van der Waals surface area contributed by atoms with Gasteiger partial charge in [0.25, 0.3) is 0 Å². The summed E-state index contributed by atoms with van der Waals surface area (Å²) in [6, 6.07) is 33.7. The van der Waals surface area contributed by atoms with Crippen molar-refractivity contribution in [2.24, 2.45) is 0 Å². The van der Waals surface area contributed by atoms with Crippen molar-refractivity contribution < 1.29 is 42.8 Å². The van der Waals surface area contributed by atoms with E-state index in [0.29, 0.717) is 46.1 Å². The fourth-order valence-electron chi connectivity index (χ4n) is 5.88. The van der Waals surface area contributed by atoms with E-state index in [-0.39, 0.29) is 5.92 Å². The van der Waals surface area contributed by atoms with Gasteiger partial charge in [-0.05, 0) is 79.4 Å². The first-order valence-electron chi connectivity index (χ1n) is 17.7. The largest absolute Gasteiger partial charge is 0.528 e. The first kappa shape index (κ1) is 38.6. The molecule has 0 saturated carbocycles. The molecule has 10 nitrogen and oxygen atoms in total. The maximum absolute atomic E-state index is 12.8. The molecule has 0 amide bonds. The van der Waals surface area contributed by atoms with Gasteiger partial charge in [-0.1, -0.05) is 66.7 Å². The Morgan fingerprint density at radius 3 is 1.69 bits per heavy atom. The van der Waals surface area contributed by atoms with Crippen LogP contribution in [0.25, 0.3) is 0 Å². The zero-order valence-electron chi connectivity index (χ0n) is 30.8. The fraction of sp³-hybridized carbons (Fsp3) is 0.405.